The monoisotopic (exact) mass is 274 g/mol. The van der Waals surface area contributed by atoms with E-state index in [0.717, 1.165) is 10.8 Å². The first kappa shape index (κ1) is 11.6. The van der Waals surface area contributed by atoms with E-state index in [-0.39, 0.29) is 0 Å². The Morgan fingerprint density at radius 2 is 1.78 bits per heavy atom. The van der Waals surface area contributed by atoms with Gasteiger partial charge in [-0.1, -0.05) is 29.8 Å². The standard InChI is InChI=1S/C15H11ClOS/c16-12-5-7-13(8-6-12)17-9-11-10-18-15-4-2-1-3-14(11)15/h1-8,10H,9H2. The van der Waals surface area contributed by atoms with E-state index in [0.29, 0.717) is 6.61 Å². The van der Waals surface area contributed by atoms with Crippen molar-refractivity contribution < 1.29 is 4.74 Å². The van der Waals surface area contributed by atoms with Gasteiger partial charge in [0.25, 0.3) is 0 Å². The zero-order chi connectivity index (χ0) is 12.4. The lowest BCUT2D eigenvalue weighted by Crippen LogP contribution is -1.93. The molecule has 0 aliphatic carbocycles. The average Bonchev–Trinajstić information content (AvgIpc) is 2.82. The second-order valence-electron chi connectivity index (χ2n) is 4.00. The van der Waals surface area contributed by atoms with Gasteiger partial charge in [0.2, 0.25) is 0 Å². The summed E-state index contributed by atoms with van der Waals surface area (Å²) in [5.41, 5.74) is 1.23. The van der Waals surface area contributed by atoms with Crippen LogP contribution in [-0.2, 0) is 6.61 Å². The van der Waals surface area contributed by atoms with Crippen molar-refractivity contribution in [2.75, 3.05) is 0 Å². The van der Waals surface area contributed by atoms with Gasteiger partial charge < -0.3 is 4.74 Å². The molecule has 0 saturated heterocycles. The highest BCUT2D eigenvalue weighted by Crippen LogP contribution is 2.26. The summed E-state index contributed by atoms with van der Waals surface area (Å²) in [6.07, 6.45) is 0. The van der Waals surface area contributed by atoms with E-state index in [1.807, 2.05) is 24.3 Å². The fraction of sp³-hybridized carbons (Fsp3) is 0.0667. The van der Waals surface area contributed by atoms with Crippen molar-refractivity contribution in [2.45, 2.75) is 6.61 Å². The molecule has 0 bridgehead atoms. The van der Waals surface area contributed by atoms with E-state index >= 15 is 0 Å². The lowest BCUT2D eigenvalue weighted by molar-refractivity contribution is 0.308. The van der Waals surface area contributed by atoms with Gasteiger partial charge in [0.1, 0.15) is 12.4 Å². The Balaban J connectivity index is 1.79. The van der Waals surface area contributed by atoms with Crippen LogP contribution in [-0.4, -0.2) is 0 Å². The van der Waals surface area contributed by atoms with Crippen LogP contribution in [0.2, 0.25) is 5.02 Å². The minimum Gasteiger partial charge on any atom is -0.489 e. The summed E-state index contributed by atoms with van der Waals surface area (Å²) in [5.74, 6) is 0.842. The van der Waals surface area contributed by atoms with Gasteiger partial charge in [-0.25, -0.2) is 0 Å². The highest BCUT2D eigenvalue weighted by molar-refractivity contribution is 7.17. The molecule has 3 aromatic rings. The summed E-state index contributed by atoms with van der Waals surface area (Å²) in [4.78, 5) is 0. The van der Waals surface area contributed by atoms with E-state index in [2.05, 4.69) is 29.6 Å². The lowest BCUT2D eigenvalue weighted by Gasteiger charge is -2.05. The largest absolute Gasteiger partial charge is 0.489 e. The molecule has 0 atom stereocenters. The third-order valence-electron chi connectivity index (χ3n) is 2.77. The average molecular weight is 275 g/mol. The molecule has 0 radical (unpaired) electrons. The van der Waals surface area contributed by atoms with Gasteiger partial charge in [-0.2, -0.15) is 0 Å². The molecule has 0 aliphatic rings. The number of fused-ring (bicyclic) bond motifs is 1. The molecule has 1 nitrogen and oxygen atoms in total. The van der Waals surface area contributed by atoms with Crippen molar-refractivity contribution in [1.29, 1.82) is 0 Å². The van der Waals surface area contributed by atoms with E-state index in [1.54, 1.807) is 11.3 Å². The Bertz CT molecular complexity index is 658. The highest BCUT2D eigenvalue weighted by Gasteiger charge is 2.03. The van der Waals surface area contributed by atoms with Gasteiger partial charge in [0.15, 0.2) is 0 Å². The second kappa shape index (κ2) is 5.01. The summed E-state index contributed by atoms with van der Waals surface area (Å²) in [5, 5.41) is 4.15. The molecule has 90 valence electrons. The molecule has 0 aliphatic heterocycles. The summed E-state index contributed by atoms with van der Waals surface area (Å²) in [6, 6.07) is 15.8. The third kappa shape index (κ3) is 2.35. The first-order chi connectivity index (χ1) is 8.83. The van der Waals surface area contributed by atoms with Gasteiger partial charge in [0.05, 0.1) is 0 Å². The number of halogens is 1. The summed E-state index contributed by atoms with van der Waals surface area (Å²) in [7, 11) is 0. The fourth-order valence-electron chi connectivity index (χ4n) is 1.84. The molecule has 18 heavy (non-hydrogen) atoms. The maximum Gasteiger partial charge on any atom is 0.119 e. The smallest absolute Gasteiger partial charge is 0.119 e. The Labute approximate surface area is 115 Å². The quantitative estimate of drug-likeness (QED) is 0.643. The van der Waals surface area contributed by atoms with Crippen LogP contribution in [0.3, 0.4) is 0 Å². The van der Waals surface area contributed by atoms with Crippen molar-refractivity contribution in [1.82, 2.24) is 0 Å². The van der Waals surface area contributed by atoms with Crippen LogP contribution in [0.1, 0.15) is 5.56 Å². The van der Waals surface area contributed by atoms with E-state index < -0.39 is 0 Å². The Hall–Kier alpha value is -1.51. The normalized spacial score (nSPS) is 10.7. The molecule has 1 heterocycles. The molecule has 0 spiro atoms. The number of benzene rings is 2. The second-order valence-corrected chi connectivity index (χ2v) is 5.35. The number of hydrogen-bond donors (Lipinski definition) is 0. The van der Waals surface area contributed by atoms with Crippen molar-refractivity contribution in [2.24, 2.45) is 0 Å². The molecule has 0 N–H and O–H groups in total. The number of hydrogen-bond acceptors (Lipinski definition) is 2. The molecular weight excluding hydrogens is 264 g/mol. The van der Waals surface area contributed by atoms with Gasteiger partial charge >= 0.3 is 0 Å². The SMILES string of the molecule is Clc1ccc(OCc2csc3ccccc23)cc1. The zero-order valence-corrected chi connectivity index (χ0v) is 11.2. The van der Waals surface area contributed by atoms with Crippen LogP contribution in [0.25, 0.3) is 10.1 Å². The summed E-state index contributed by atoms with van der Waals surface area (Å²) in [6.45, 7) is 0.589. The molecular formula is C15H11ClOS. The molecule has 0 unspecified atom stereocenters. The maximum atomic E-state index is 5.84. The summed E-state index contributed by atoms with van der Waals surface area (Å²) >= 11 is 7.59. The molecule has 1 aromatic heterocycles. The minimum absolute atomic E-state index is 0.589. The van der Waals surface area contributed by atoms with Gasteiger partial charge in [-0.3, -0.25) is 0 Å². The van der Waals surface area contributed by atoms with E-state index in [1.165, 1.54) is 15.6 Å². The number of rotatable bonds is 3. The van der Waals surface area contributed by atoms with Crippen LogP contribution >= 0.6 is 22.9 Å². The fourth-order valence-corrected chi connectivity index (χ4v) is 2.91. The first-order valence-electron chi connectivity index (χ1n) is 5.66. The predicted molar refractivity (Wildman–Crippen MR) is 77.6 cm³/mol. The highest BCUT2D eigenvalue weighted by atomic mass is 35.5. The number of ether oxygens (including phenoxy) is 1. The van der Waals surface area contributed by atoms with Crippen molar-refractivity contribution >= 4 is 33.0 Å². The van der Waals surface area contributed by atoms with Gasteiger partial charge in [-0.05, 0) is 41.1 Å². The van der Waals surface area contributed by atoms with E-state index in [9.17, 15) is 0 Å². The van der Waals surface area contributed by atoms with Gasteiger partial charge in [-0.15, -0.1) is 11.3 Å². The third-order valence-corrected chi connectivity index (χ3v) is 4.03. The van der Waals surface area contributed by atoms with E-state index in [4.69, 9.17) is 16.3 Å². The topological polar surface area (TPSA) is 9.23 Å². The van der Waals surface area contributed by atoms with Crippen LogP contribution in [0.15, 0.2) is 53.9 Å². The van der Waals surface area contributed by atoms with Crippen molar-refractivity contribution in [3.05, 3.63) is 64.5 Å². The predicted octanol–water partition coefficient (Wildman–Crippen LogP) is 5.13. The van der Waals surface area contributed by atoms with Crippen LogP contribution in [0.5, 0.6) is 5.75 Å². The zero-order valence-electron chi connectivity index (χ0n) is 9.60. The van der Waals surface area contributed by atoms with Crippen LogP contribution in [0.4, 0.5) is 0 Å². The Kier molecular flexibility index (Phi) is 3.22. The maximum absolute atomic E-state index is 5.84. The van der Waals surface area contributed by atoms with Crippen molar-refractivity contribution in [3.63, 3.8) is 0 Å². The number of thiophene rings is 1. The lowest BCUT2D eigenvalue weighted by atomic mass is 10.2. The molecule has 3 heteroatoms. The molecule has 0 fully saturated rings. The van der Waals surface area contributed by atoms with Crippen LogP contribution in [0, 0.1) is 0 Å². The molecule has 0 amide bonds. The van der Waals surface area contributed by atoms with Crippen LogP contribution < -0.4 is 4.74 Å². The summed E-state index contributed by atoms with van der Waals surface area (Å²) < 4.78 is 7.06. The molecule has 0 saturated carbocycles. The first-order valence-corrected chi connectivity index (χ1v) is 6.92. The Morgan fingerprint density at radius 3 is 2.61 bits per heavy atom. The van der Waals surface area contributed by atoms with Gasteiger partial charge in [0, 0.05) is 15.3 Å². The molecule has 2 aromatic carbocycles. The Morgan fingerprint density at radius 1 is 1.00 bits per heavy atom. The molecule has 3 rings (SSSR count). The van der Waals surface area contributed by atoms with Crippen molar-refractivity contribution in [3.8, 4) is 5.75 Å². The minimum atomic E-state index is 0.589.